The number of carbonyl (C=O) groups excluding carboxylic acids is 1. The summed E-state index contributed by atoms with van der Waals surface area (Å²) in [5.41, 5.74) is 0.268. The molecule has 1 aromatic rings. The van der Waals surface area contributed by atoms with Crippen molar-refractivity contribution >= 4 is 5.91 Å². The predicted molar refractivity (Wildman–Crippen MR) is 71.5 cm³/mol. The van der Waals surface area contributed by atoms with E-state index in [0.717, 1.165) is 31.4 Å². The molecule has 1 unspecified atom stereocenters. The van der Waals surface area contributed by atoms with Crippen LogP contribution in [-0.4, -0.2) is 17.6 Å². The minimum atomic E-state index is -0.608. The summed E-state index contributed by atoms with van der Waals surface area (Å²) in [6.45, 7) is 4.91. The summed E-state index contributed by atoms with van der Waals surface area (Å²) in [7, 11) is 0. The van der Waals surface area contributed by atoms with E-state index in [2.05, 4.69) is 19.2 Å². The van der Waals surface area contributed by atoms with Crippen LogP contribution in [0.15, 0.2) is 18.2 Å². The van der Waals surface area contributed by atoms with Crippen molar-refractivity contribution in [2.24, 2.45) is 11.3 Å². The summed E-state index contributed by atoms with van der Waals surface area (Å²) in [4.78, 5) is 11.9. The van der Waals surface area contributed by atoms with Crippen LogP contribution in [0.2, 0.25) is 0 Å². The summed E-state index contributed by atoms with van der Waals surface area (Å²) in [6, 6.07) is 3.49. The molecule has 0 heterocycles. The van der Waals surface area contributed by atoms with Gasteiger partial charge >= 0.3 is 0 Å². The topological polar surface area (TPSA) is 49.3 Å². The monoisotopic (exact) mass is 265 g/mol. The number of amides is 1. The fourth-order valence-corrected chi connectivity index (χ4v) is 2.83. The lowest BCUT2D eigenvalue weighted by molar-refractivity contribution is 0.0945. The van der Waals surface area contributed by atoms with E-state index < -0.39 is 11.7 Å². The van der Waals surface area contributed by atoms with Crippen LogP contribution >= 0.6 is 0 Å². The Morgan fingerprint density at radius 1 is 1.47 bits per heavy atom. The van der Waals surface area contributed by atoms with Crippen molar-refractivity contribution in [3.63, 3.8) is 0 Å². The Morgan fingerprint density at radius 3 is 2.74 bits per heavy atom. The molecule has 0 radical (unpaired) electrons. The maximum Gasteiger partial charge on any atom is 0.254 e. The van der Waals surface area contributed by atoms with Crippen molar-refractivity contribution in [3.05, 3.63) is 29.6 Å². The number of halogens is 1. The van der Waals surface area contributed by atoms with Crippen molar-refractivity contribution in [1.29, 1.82) is 0 Å². The van der Waals surface area contributed by atoms with Crippen molar-refractivity contribution in [3.8, 4) is 5.75 Å². The molecule has 0 spiro atoms. The zero-order chi connectivity index (χ0) is 14.0. The number of carbonyl (C=O) groups is 1. The van der Waals surface area contributed by atoms with Crippen molar-refractivity contribution in [2.75, 3.05) is 6.54 Å². The highest BCUT2D eigenvalue weighted by atomic mass is 19.1. The van der Waals surface area contributed by atoms with Gasteiger partial charge in [0.1, 0.15) is 11.6 Å². The maximum atomic E-state index is 13.5. The summed E-state index contributed by atoms with van der Waals surface area (Å²) >= 11 is 0. The van der Waals surface area contributed by atoms with Gasteiger partial charge in [0, 0.05) is 6.54 Å². The molecular formula is C15H20FNO2. The van der Waals surface area contributed by atoms with Crippen LogP contribution in [0.25, 0.3) is 0 Å². The number of hydrogen-bond donors (Lipinski definition) is 2. The van der Waals surface area contributed by atoms with E-state index >= 15 is 0 Å². The molecule has 1 fully saturated rings. The van der Waals surface area contributed by atoms with Crippen molar-refractivity contribution in [1.82, 2.24) is 5.32 Å². The Balaban J connectivity index is 1.94. The highest BCUT2D eigenvalue weighted by molar-refractivity contribution is 5.94. The fraction of sp³-hybridized carbons (Fsp3) is 0.533. The molecule has 0 bridgehead atoms. The van der Waals surface area contributed by atoms with Gasteiger partial charge in [0.05, 0.1) is 5.56 Å². The van der Waals surface area contributed by atoms with Gasteiger partial charge in [0.25, 0.3) is 5.91 Å². The minimum absolute atomic E-state index is 0.0979. The highest BCUT2D eigenvalue weighted by Gasteiger charge is 2.50. The van der Waals surface area contributed by atoms with Crippen LogP contribution in [0.1, 0.15) is 43.5 Å². The molecule has 104 valence electrons. The molecule has 3 nitrogen and oxygen atoms in total. The molecule has 2 N–H and O–H groups in total. The van der Waals surface area contributed by atoms with Crippen LogP contribution in [0.4, 0.5) is 4.39 Å². The molecular weight excluding hydrogens is 245 g/mol. The average molecular weight is 265 g/mol. The Bertz CT molecular complexity index is 483. The molecule has 19 heavy (non-hydrogen) atoms. The number of aromatic hydroxyl groups is 1. The van der Waals surface area contributed by atoms with E-state index in [-0.39, 0.29) is 11.3 Å². The van der Waals surface area contributed by atoms with E-state index in [1.807, 2.05) is 0 Å². The van der Waals surface area contributed by atoms with Crippen LogP contribution in [0, 0.1) is 17.2 Å². The van der Waals surface area contributed by atoms with E-state index in [4.69, 9.17) is 0 Å². The molecule has 2 rings (SSSR count). The molecule has 0 aliphatic heterocycles. The Labute approximate surface area is 112 Å². The smallest absolute Gasteiger partial charge is 0.254 e. The second kappa shape index (κ2) is 5.19. The lowest BCUT2D eigenvalue weighted by atomic mass is 9.97. The van der Waals surface area contributed by atoms with Gasteiger partial charge in [-0.1, -0.05) is 26.7 Å². The molecule has 1 amide bonds. The third-order valence-electron chi connectivity index (χ3n) is 4.47. The molecule has 0 saturated heterocycles. The Kier molecular flexibility index (Phi) is 3.78. The predicted octanol–water partition coefficient (Wildman–Crippen LogP) is 3.09. The van der Waals surface area contributed by atoms with Gasteiger partial charge < -0.3 is 10.4 Å². The van der Waals surface area contributed by atoms with Gasteiger partial charge in [-0.15, -0.1) is 0 Å². The van der Waals surface area contributed by atoms with E-state index in [1.165, 1.54) is 6.07 Å². The third-order valence-corrected chi connectivity index (χ3v) is 4.47. The average Bonchev–Trinajstić information content (AvgIpc) is 3.13. The van der Waals surface area contributed by atoms with Gasteiger partial charge in [-0.2, -0.15) is 0 Å². The zero-order valence-electron chi connectivity index (χ0n) is 11.4. The van der Waals surface area contributed by atoms with Gasteiger partial charge in [-0.05, 0) is 36.0 Å². The van der Waals surface area contributed by atoms with Crippen LogP contribution in [0.5, 0.6) is 5.75 Å². The molecule has 1 atom stereocenters. The van der Waals surface area contributed by atoms with Gasteiger partial charge in [0.15, 0.2) is 0 Å². The first-order valence-electron chi connectivity index (χ1n) is 6.79. The quantitative estimate of drug-likeness (QED) is 0.859. The zero-order valence-corrected chi connectivity index (χ0v) is 11.4. The summed E-state index contributed by atoms with van der Waals surface area (Å²) in [5, 5.41) is 12.1. The first-order valence-corrected chi connectivity index (χ1v) is 6.79. The summed E-state index contributed by atoms with van der Waals surface area (Å²) in [5.74, 6) is -0.675. The lowest BCUT2D eigenvalue weighted by Crippen LogP contribution is -2.27. The molecule has 1 saturated carbocycles. The number of benzene rings is 1. The first-order chi connectivity index (χ1) is 9.02. The minimum Gasteiger partial charge on any atom is -0.508 e. The molecule has 1 aliphatic rings. The van der Waals surface area contributed by atoms with E-state index in [0.29, 0.717) is 17.9 Å². The largest absolute Gasteiger partial charge is 0.508 e. The van der Waals surface area contributed by atoms with E-state index in [9.17, 15) is 14.3 Å². The number of rotatable bonds is 5. The standard InChI is InChI=1S/C15H20FNO2/c1-3-15(4-2)8-10(15)9-17-14(19)12-7-11(18)5-6-13(12)16/h5-7,10,18H,3-4,8-9H2,1-2H3,(H,17,19). The van der Waals surface area contributed by atoms with Crippen LogP contribution in [-0.2, 0) is 0 Å². The van der Waals surface area contributed by atoms with E-state index in [1.54, 1.807) is 0 Å². The maximum absolute atomic E-state index is 13.5. The normalized spacial score (nSPS) is 20.1. The van der Waals surface area contributed by atoms with Crippen LogP contribution < -0.4 is 5.32 Å². The first kappa shape index (κ1) is 13.8. The second-order valence-electron chi connectivity index (χ2n) is 5.34. The van der Waals surface area contributed by atoms with Crippen molar-refractivity contribution in [2.45, 2.75) is 33.1 Å². The highest BCUT2D eigenvalue weighted by Crippen LogP contribution is 2.57. The summed E-state index contributed by atoms with van der Waals surface area (Å²) < 4.78 is 13.5. The van der Waals surface area contributed by atoms with Gasteiger partial charge in [-0.3, -0.25) is 4.79 Å². The summed E-state index contributed by atoms with van der Waals surface area (Å²) in [6.07, 6.45) is 3.36. The van der Waals surface area contributed by atoms with Gasteiger partial charge in [0.2, 0.25) is 0 Å². The SMILES string of the molecule is CCC1(CC)CC1CNC(=O)c1cc(O)ccc1F. The number of hydrogen-bond acceptors (Lipinski definition) is 2. The number of phenols is 1. The lowest BCUT2D eigenvalue weighted by Gasteiger charge is -2.12. The fourth-order valence-electron chi connectivity index (χ4n) is 2.83. The number of phenolic OH excluding ortho intramolecular Hbond substituents is 1. The Morgan fingerprint density at radius 2 is 2.16 bits per heavy atom. The van der Waals surface area contributed by atoms with Crippen LogP contribution in [0.3, 0.4) is 0 Å². The van der Waals surface area contributed by atoms with Gasteiger partial charge in [-0.25, -0.2) is 4.39 Å². The third kappa shape index (κ3) is 2.72. The molecule has 1 aliphatic carbocycles. The molecule has 0 aromatic heterocycles. The molecule has 1 aromatic carbocycles. The molecule has 4 heteroatoms. The second-order valence-corrected chi connectivity index (χ2v) is 5.34. The Hall–Kier alpha value is -1.58. The van der Waals surface area contributed by atoms with Crippen molar-refractivity contribution < 1.29 is 14.3 Å². The number of nitrogens with one attached hydrogen (secondary N) is 1.